The van der Waals surface area contributed by atoms with Crippen LogP contribution in [0.15, 0.2) is 36.4 Å². The first-order chi connectivity index (χ1) is 11.4. The van der Waals surface area contributed by atoms with Crippen LogP contribution in [-0.4, -0.2) is 23.4 Å². The van der Waals surface area contributed by atoms with E-state index in [4.69, 9.17) is 5.11 Å². The molecule has 0 fully saturated rings. The summed E-state index contributed by atoms with van der Waals surface area (Å²) < 4.78 is 0. The number of carbonyl (C=O) groups is 2. The standard InChI is InChI=1S/C20H23NO3/c1-20(2,11-19(23)24)10-18(22)14-9-16-15-6-4-3-5-13(15)7-8-17(16)21-12-14/h3-8,14,21H,9-12H2,1-2H3,(H,23,24). The van der Waals surface area contributed by atoms with Crippen molar-refractivity contribution in [3.63, 3.8) is 0 Å². The van der Waals surface area contributed by atoms with E-state index in [0.717, 1.165) is 5.69 Å². The van der Waals surface area contributed by atoms with Gasteiger partial charge in [0, 0.05) is 24.6 Å². The van der Waals surface area contributed by atoms with Crippen LogP contribution in [0.5, 0.6) is 0 Å². The number of hydrogen-bond acceptors (Lipinski definition) is 3. The van der Waals surface area contributed by atoms with Gasteiger partial charge in [-0.3, -0.25) is 9.59 Å². The molecule has 2 aromatic rings. The molecule has 1 unspecified atom stereocenters. The molecule has 4 nitrogen and oxygen atoms in total. The average Bonchev–Trinajstić information content (AvgIpc) is 2.52. The van der Waals surface area contributed by atoms with Gasteiger partial charge in [-0.1, -0.05) is 44.2 Å². The number of nitrogens with one attached hydrogen (secondary N) is 1. The van der Waals surface area contributed by atoms with Gasteiger partial charge in [-0.05, 0) is 34.2 Å². The largest absolute Gasteiger partial charge is 0.481 e. The van der Waals surface area contributed by atoms with Crippen molar-refractivity contribution in [1.29, 1.82) is 0 Å². The zero-order valence-electron chi connectivity index (χ0n) is 14.1. The minimum absolute atomic E-state index is 0.0123. The van der Waals surface area contributed by atoms with Gasteiger partial charge in [-0.15, -0.1) is 0 Å². The Morgan fingerprint density at radius 2 is 1.92 bits per heavy atom. The van der Waals surface area contributed by atoms with Gasteiger partial charge in [0.2, 0.25) is 0 Å². The van der Waals surface area contributed by atoms with Crippen LogP contribution in [0.2, 0.25) is 0 Å². The molecule has 1 heterocycles. The molecule has 0 saturated carbocycles. The number of anilines is 1. The molecule has 126 valence electrons. The van der Waals surface area contributed by atoms with E-state index in [0.29, 0.717) is 19.4 Å². The van der Waals surface area contributed by atoms with E-state index in [1.54, 1.807) is 0 Å². The predicted octanol–water partition coefficient (Wildman–Crippen LogP) is 3.88. The van der Waals surface area contributed by atoms with Gasteiger partial charge in [0.15, 0.2) is 0 Å². The maximum absolute atomic E-state index is 12.7. The van der Waals surface area contributed by atoms with E-state index in [1.165, 1.54) is 16.3 Å². The maximum Gasteiger partial charge on any atom is 0.303 e. The van der Waals surface area contributed by atoms with E-state index in [9.17, 15) is 9.59 Å². The first-order valence-electron chi connectivity index (χ1n) is 8.35. The minimum atomic E-state index is -0.856. The number of carbonyl (C=O) groups excluding carboxylic acids is 1. The second-order valence-electron chi connectivity index (χ2n) is 7.47. The number of Topliss-reactive ketones (excluding diaryl/α,β-unsaturated/α-hetero) is 1. The van der Waals surface area contributed by atoms with E-state index < -0.39 is 11.4 Å². The number of fused-ring (bicyclic) bond motifs is 3. The van der Waals surface area contributed by atoms with Crippen LogP contribution in [0.1, 0.15) is 32.3 Å². The molecule has 2 aromatic carbocycles. The Morgan fingerprint density at radius 3 is 2.67 bits per heavy atom. The first kappa shape index (κ1) is 16.5. The predicted molar refractivity (Wildman–Crippen MR) is 95.3 cm³/mol. The van der Waals surface area contributed by atoms with Gasteiger partial charge in [-0.25, -0.2) is 0 Å². The van der Waals surface area contributed by atoms with Crippen molar-refractivity contribution in [3.05, 3.63) is 42.0 Å². The lowest BCUT2D eigenvalue weighted by Gasteiger charge is -2.29. The van der Waals surface area contributed by atoms with Crippen LogP contribution in [0.25, 0.3) is 10.8 Å². The van der Waals surface area contributed by atoms with Gasteiger partial charge in [0.1, 0.15) is 5.78 Å². The van der Waals surface area contributed by atoms with Crippen LogP contribution in [-0.2, 0) is 16.0 Å². The third-order valence-corrected chi connectivity index (χ3v) is 4.77. The fraction of sp³-hybridized carbons (Fsp3) is 0.400. The lowest BCUT2D eigenvalue weighted by atomic mass is 9.78. The quantitative estimate of drug-likeness (QED) is 0.875. The molecule has 1 aliphatic rings. The van der Waals surface area contributed by atoms with Crippen LogP contribution >= 0.6 is 0 Å². The molecule has 4 heteroatoms. The van der Waals surface area contributed by atoms with Gasteiger partial charge < -0.3 is 10.4 Å². The minimum Gasteiger partial charge on any atom is -0.481 e. The highest BCUT2D eigenvalue weighted by Gasteiger charge is 2.31. The number of hydrogen-bond donors (Lipinski definition) is 2. The number of aliphatic carboxylic acids is 1. The smallest absolute Gasteiger partial charge is 0.303 e. The first-order valence-corrected chi connectivity index (χ1v) is 8.35. The highest BCUT2D eigenvalue weighted by molar-refractivity contribution is 5.92. The van der Waals surface area contributed by atoms with Crippen molar-refractivity contribution in [2.24, 2.45) is 11.3 Å². The molecular weight excluding hydrogens is 302 g/mol. The normalized spacial score (nSPS) is 17.2. The third kappa shape index (κ3) is 3.42. The molecule has 0 spiro atoms. The Hall–Kier alpha value is -2.36. The summed E-state index contributed by atoms with van der Waals surface area (Å²) in [5, 5.41) is 14.7. The molecule has 0 saturated heterocycles. The third-order valence-electron chi connectivity index (χ3n) is 4.77. The Labute approximate surface area is 141 Å². The summed E-state index contributed by atoms with van der Waals surface area (Å²) in [5.74, 6) is -0.811. The van der Waals surface area contributed by atoms with Gasteiger partial charge in [0.25, 0.3) is 0 Å². The number of ketones is 1. The van der Waals surface area contributed by atoms with Gasteiger partial charge in [0.05, 0.1) is 6.42 Å². The van der Waals surface area contributed by atoms with E-state index in [1.807, 2.05) is 26.0 Å². The lowest BCUT2D eigenvalue weighted by Crippen LogP contribution is -2.33. The molecule has 1 aliphatic heterocycles. The Morgan fingerprint density at radius 1 is 1.17 bits per heavy atom. The second-order valence-corrected chi connectivity index (χ2v) is 7.47. The highest BCUT2D eigenvalue weighted by Crippen LogP contribution is 2.34. The number of benzene rings is 2. The molecule has 3 rings (SSSR count). The zero-order valence-corrected chi connectivity index (χ0v) is 14.1. The molecule has 1 atom stereocenters. The average molecular weight is 325 g/mol. The molecule has 2 N–H and O–H groups in total. The summed E-state index contributed by atoms with van der Waals surface area (Å²) in [4.78, 5) is 23.7. The van der Waals surface area contributed by atoms with Crippen molar-refractivity contribution >= 4 is 28.2 Å². The van der Waals surface area contributed by atoms with Crippen LogP contribution < -0.4 is 5.32 Å². The summed E-state index contributed by atoms with van der Waals surface area (Å²) in [7, 11) is 0. The van der Waals surface area contributed by atoms with Crippen LogP contribution in [0.4, 0.5) is 5.69 Å². The summed E-state index contributed by atoms with van der Waals surface area (Å²) >= 11 is 0. The van der Waals surface area contributed by atoms with Crippen molar-refractivity contribution in [3.8, 4) is 0 Å². The molecule has 24 heavy (non-hydrogen) atoms. The molecule has 0 aromatic heterocycles. The molecule has 0 amide bonds. The van der Waals surface area contributed by atoms with Crippen molar-refractivity contribution in [2.75, 3.05) is 11.9 Å². The van der Waals surface area contributed by atoms with Gasteiger partial charge in [-0.2, -0.15) is 0 Å². The van der Waals surface area contributed by atoms with Crippen LogP contribution in [0, 0.1) is 11.3 Å². The lowest BCUT2D eigenvalue weighted by molar-refractivity contribution is -0.139. The monoisotopic (exact) mass is 325 g/mol. The summed E-state index contributed by atoms with van der Waals surface area (Å²) in [6.45, 7) is 4.31. The Kier molecular flexibility index (Phi) is 4.31. The number of carboxylic acids is 1. The highest BCUT2D eigenvalue weighted by atomic mass is 16.4. The summed E-state index contributed by atoms with van der Waals surface area (Å²) in [6.07, 6.45) is 1.02. The Balaban J connectivity index is 1.80. The van der Waals surface area contributed by atoms with Crippen LogP contribution in [0.3, 0.4) is 0 Å². The second kappa shape index (κ2) is 6.27. The number of carboxylic acid groups (broad SMARTS) is 1. The maximum atomic E-state index is 12.7. The zero-order chi connectivity index (χ0) is 17.3. The van der Waals surface area contributed by atoms with E-state index >= 15 is 0 Å². The molecule has 0 radical (unpaired) electrons. The summed E-state index contributed by atoms with van der Waals surface area (Å²) in [5.41, 5.74) is 1.78. The fourth-order valence-corrected chi connectivity index (χ4v) is 3.59. The van der Waals surface area contributed by atoms with E-state index in [-0.39, 0.29) is 18.1 Å². The van der Waals surface area contributed by atoms with E-state index in [2.05, 4.69) is 29.6 Å². The Bertz CT molecular complexity index is 795. The van der Waals surface area contributed by atoms with Crippen molar-refractivity contribution in [1.82, 2.24) is 0 Å². The summed E-state index contributed by atoms with van der Waals surface area (Å²) in [6, 6.07) is 12.4. The number of rotatable bonds is 5. The fourth-order valence-electron chi connectivity index (χ4n) is 3.59. The SMILES string of the molecule is CC(C)(CC(=O)O)CC(=O)C1CNc2ccc3ccccc3c2C1. The van der Waals surface area contributed by atoms with Gasteiger partial charge >= 0.3 is 5.97 Å². The molecule has 0 aliphatic carbocycles. The van der Waals surface area contributed by atoms with Crippen molar-refractivity contribution in [2.45, 2.75) is 33.1 Å². The van der Waals surface area contributed by atoms with Crippen molar-refractivity contribution < 1.29 is 14.7 Å². The molecular formula is C20H23NO3. The topological polar surface area (TPSA) is 66.4 Å². The molecule has 0 bridgehead atoms.